The van der Waals surface area contributed by atoms with Crippen molar-refractivity contribution in [2.45, 2.75) is 64.5 Å². The molecule has 0 atom stereocenters. The molecule has 162 valence electrons. The fourth-order valence-electron chi connectivity index (χ4n) is 3.28. The molecule has 0 spiro atoms. The van der Waals surface area contributed by atoms with Crippen molar-refractivity contribution in [2.24, 2.45) is 0 Å². The van der Waals surface area contributed by atoms with Gasteiger partial charge in [0.05, 0.1) is 0 Å². The van der Waals surface area contributed by atoms with E-state index in [2.05, 4.69) is 15.5 Å². The number of ether oxygens (including phenoxy) is 1. The van der Waals surface area contributed by atoms with Gasteiger partial charge in [0.1, 0.15) is 5.60 Å². The number of nitrogens with one attached hydrogen (secondary N) is 1. The molecule has 2 aromatic rings. The van der Waals surface area contributed by atoms with Gasteiger partial charge in [-0.2, -0.15) is 0 Å². The maximum absolute atomic E-state index is 12.2. The summed E-state index contributed by atoms with van der Waals surface area (Å²) in [6.45, 7) is 6.74. The summed E-state index contributed by atoms with van der Waals surface area (Å²) in [5.41, 5.74) is 0.384. The molecule has 1 saturated heterocycles. The Bertz CT molecular complexity index is 836. The van der Waals surface area contributed by atoms with E-state index >= 15 is 0 Å². The Balaban J connectivity index is 1.35. The van der Waals surface area contributed by atoms with Crippen LogP contribution in [0.25, 0.3) is 11.5 Å². The molecule has 0 bridgehead atoms. The highest BCUT2D eigenvalue weighted by Gasteiger charge is 2.27. The molecule has 0 aliphatic carbocycles. The van der Waals surface area contributed by atoms with Crippen LogP contribution < -0.4 is 5.32 Å². The van der Waals surface area contributed by atoms with Crippen LogP contribution in [0.4, 0.5) is 4.79 Å². The minimum Gasteiger partial charge on any atom is -0.444 e. The lowest BCUT2D eigenvalue weighted by Crippen LogP contribution is -2.47. The number of rotatable bonds is 6. The predicted octanol–water partition coefficient (Wildman–Crippen LogP) is 3.58. The van der Waals surface area contributed by atoms with Crippen LogP contribution in [0, 0.1) is 0 Å². The molecule has 1 aromatic heterocycles. The quantitative estimate of drug-likeness (QED) is 0.776. The highest BCUT2D eigenvalue weighted by atomic mass is 16.6. The topological polar surface area (TPSA) is 97.6 Å². The van der Waals surface area contributed by atoms with Gasteiger partial charge in [-0.25, -0.2) is 4.79 Å². The van der Waals surface area contributed by atoms with Gasteiger partial charge in [0, 0.05) is 37.5 Å². The van der Waals surface area contributed by atoms with Crippen molar-refractivity contribution >= 4 is 12.0 Å². The largest absolute Gasteiger partial charge is 0.444 e. The van der Waals surface area contributed by atoms with Crippen molar-refractivity contribution in [1.82, 2.24) is 20.4 Å². The number of aromatic nitrogens is 2. The van der Waals surface area contributed by atoms with Crippen molar-refractivity contribution in [2.75, 3.05) is 13.1 Å². The van der Waals surface area contributed by atoms with E-state index in [9.17, 15) is 9.59 Å². The predicted molar refractivity (Wildman–Crippen MR) is 112 cm³/mol. The zero-order valence-electron chi connectivity index (χ0n) is 17.9. The van der Waals surface area contributed by atoms with E-state index in [1.165, 1.54) is 0 Å². The van der Waals surface area contributed by atoms with E-state index in [1.54, 1.807) is 4.90 Å². The second kappa shape index (κ2) is 9.73. The number of carbonyl (C=O) groups excluding carboxylic acids is 2. The molecule has 2 amide bonds. The maximum Gasteiger partial charge on any atom is 0.410 e. The summed E-state index contributed by atoms with van der Waals surface area (Å²) in [7, 11) is 0. The van der Waals surface area contributed by atoms with Crippen LogP contribution >= 0.6 is 0 Å². The lowest BCUT2D eigenvalue weighted by atomic mass is 10.0. The Morgan fingerprint density at radius 3 is 2.53 bits per heavy atom. The van der Waals surface area contributed by atoms with Gasteiger partial charge >= 0.3 is 6.09 Å². The number of carbonyl (C=O) groups is 2. The monoisotopic (exact) mass is 414 g/mol. The van der Waals surface area contributed by atoms with E-state index in [0.29, 0.717) is 44.1 Å². The summed E-state index contributed by atoms with van der Waals surface area (Å²) < 4.78 is 11.1. The van der Waals surface area contributed by atoms with Crippen LogP contribution in [0.5, 0.6) is 0 Å². The fourth-order valence-corrected chi connectivity index (χ4v) is 3.28. The molecule has 0 saturated carbocycles. The van der Waals surface area contributed by atoms with Crippen LogP contribution in [0.2, 0.25) is 0 Å². The van der Waals surface area contributed by atoms with Crippen LogP contribution in [0.1, 0.15) is 52.3 Å². The first-order chi connectivity index (χ1) is 14.3. The van der Waals surface area contributed by atoms with Gasteiger partial charge in [-0.1, -0.05) is 18.2 Å². The lowest BCUT2D eigenvalue weighted by molar-refractivity contribution is -0.122. The minimum atomic E-state index is -0.498. The number of hydrogen-bond donors (Lipinski definition) is 1. The van der Waals surface area contributed by atoms with Gasteiger partial charge in [0.25, 0.3) is 0 Å². The van der Waals surface area contributed by atoms with Gasteiger partial charge < -0.3 is 19.4 Å². The van der Waals surface area contributed by atoms with Crippen LogP contribution in [0.3, 0.4) is 0 Å². The molecule has 1 aromatic carbocycles. The molecule has 1 N–H and O–H groups in total. The maximum atomic E-state index is 12.2. The first kappa shape index (κ1) is 21.8. The first-order valence-corrected chi connectivity index (χ1v) is 10.5. The van der Waals surface area contributed by atoms with Gasteiger partial charge in [-0.05, 0) is 52.2 Å². The second-order valence-corrected chi connectivity index (χ2v) is 8.53. The summed E-state index contributed by atoms with van der Waals surface area (Å²) in [4.78, 5) is 26.1. The number of piperidine rings is 1. The fraction of sp³-hybridized carbons (Fsp3) is 0.545. The summed E-state index contributed by atoms with van der Waals surface area (Å²) in [6.07, 6.45) is 2.77. The van der Waals surface area contributed by atoms with Crippen LogP contribution in [0.15, 0.2) is 34.7 Å². The van der Waals surface area contributed by atoms with Crippen molar-refractivity contribution in [3.05, 3.63) is 36.2 Å². The van der Waals surface area contributed by atoms with Gasteiger partial charge in [-0.15, -0.1) is 10.2 Å². The number of likely N-dealkylation sites (tertiary alicyclic amines) is 1. The Morgan fingerprint density at radius 1 is 1.17 bits per heavy atom. The minimum absolute atomic E-state index is 0.00789. The molecule has 1 aliphatic rings. The molecule has 3 rings (SSSR count). The van der Waals surface area contributed by atoms with E-state index in [4.69, 9.17) is 9.15 Å². The van der Waals surface area contributed by atoms with Crippen LogP contribution in [-0.4, -0.2) is 51.8 Å². The number of aryl methyl sites for hydroxylation is 1. The highest BCUT2D eigenvalue weighted by molar-refractivity contribution is 5.76. The number of nitrogens with zero attached hydrogens (tertiary/aromatic N) is 3. The molecule has 1 fully saturated rings. The molecular formula is C22H30N4O4. The number of benzene rings is 1. The molecular weight excluding hydrogens is 384 g/mol. The number of amides is 2. The normalized spacial score (nSPS) is 15.1. The third-order valence-electron chi connectivity index (χ3n) is 4.79. The Labute approximate surface area is 177 Å². The smallest absolute Gasteiger partial charge is 0.410 e. The van der Waals surface area contributed by atoms with Crippen molar-refractivity contribution in [3.8, 4) is 11.5 Å². The zero-order chi connectivity index (χ0) is 21.6. The highest BCUT2D eigenvalue weighted by Crippen LogP contribution is 2.18. The molecule has 0 radical (unpaired) electrons. The van der Waals surface area contributed by atoms with Gasteiger partial charge in [0.2, 0.25) is 17.7 Å². The summed E-state index contributed by atoms with van der Waals surface area (Å²) in [5, 5.41) is 11.2. The van der Waals surface area contributed by atoms with Crippen molar-refractivity contribution in [3.63, 3.8) is 0 Å². The van der Waals surface area contributed by atoms with Crippen molar-refractivity contribution < 1.29 is 18.7 Å². The van der Waals surface area contributed by atoms with Crippen LogP contribution in [-0.2, 0) is 16.0 Å². The summed E-state index contributed by atoms with van der Waals surface area (Å²) in [5.74, 6) is 1.03. The van der Waals surface area contributed by atoms with E-state index < -0.39 is 5.60 Å². The molecule has 8 heteroatoms. The van der Waals surface area contributed by atoms with Gasteiger partial charge in [-0.3, -0.25) is 4.79 Å². The lowest BCUT2D eigenvalue weighted by Gasteiger charge is -2.33. The molecule has 30 heavy (non-hydrogen) atoms. The van der Waals surface area contributed by atoms with E-state index in [1.807, 2.05) is 51.1 Å². The summed E-state index contributed by atoms with van der Waals surface area (Å²) >= 11 is 0. The third-order valence-corrected chi connectivity index (χ3v) is 4.79. The molecule has 8 nitrogen and oxygen atoms in total. The Morgan fingerprint density at radius 2 is 1.87 bits per heavy atom. The Hall–Kier alpha value is -2.90. The second-order valence-electron chi connectivity index (χ2n) is 8.53. The standard InChI is InChI=1S/C22H30N4O4/c1-22(2,3)30-21(28)26-14-12-17(13-15-26)23-18(27)10-7-11-19-24-25-20(29-19)16-8-5-4-6-9-16/h4-6,8-9,17H,7,10-15H2,1-3H3,(H,23,27). The zero-order valence-corrected chi connectivity index (χ0v) is 17.9. The third kappa shape index (κ3) is 6.57. The van der Waals surface area contributed by atoms with E-state index in [-0.39, 0.29) is 18.0 Å². The SMILES string of the molecule is CC(C)(C)OC(=O)N1CCC(NC(=O)CCCc2nnc(-c3ccccc3)o2)CC1. The Kier molecular flexibility index (Phi) is 7.07. The molecule has 1 aliphatic heterocycles. The van der Waals surface area contributed by atoms with E-state index in [0.717, 1.165) is 18.4 Å². The van der Waals surface area contributed by atoms with Gasteiger partial charge in [0.15, 0.2) is 0 Å². The average Bonchev–Trinajstić information content (AvgIpc) is 3.17. The molecule has 0 unspecified atom stereocenters. The van der Waals surface area contributed by atoms with Crippen molar-refractivity contribution in [1.29, 1.82) is 0 Å². The average molecular weight is 415 g/mol. The summed E-state index contributed by atoms with van der Waals surface area (Å²) in [6, 6.07) is 9.69. The molecule has 2 heterocycles. The number of hydrogen-bond acceptors (Lipinski definition) is 6. The first-order valence-electron chi connectivity index (χ1n) is 10.5.